The molecule has 2 aromatic heterocycles. The van der Waals surface area contributed by atoms with Crippen molar-refractivity contribution in [1.29, 1.82) is 0 Å². The first-order valence-corrected chi connectivity index (χ1v) is 5.30. The van der Waals surface area contributed by atoms with E-state index in [9.17, 15) is 5.11 Å². The second-order valence-electron chi connectivity index (χ2n) is 3.83. The van der Waals surface area contributed by atoms with E-state index in [2.05, 4.69) is 9.97 Å². The first kappa shape index (κ1) is 11.5. The Morgan fingerprint density at radius 3 is 2.59 bits per heavy atom. The molecule has 0 fully saturated rings. The van der Waals surface area contributed by atoms with Gasteiger partial charge in [-0.1, -0.05) is 6.07 Å². The number of aliphatic hydroxyl groups is 1. The van der Waals surface area contributed by atoms with E-state index in [1.54, 1.807) is 37.8 Å². The Balaban J connectivity index is 2.27. The van der Waals surface area contributed by atoms with Gasteiger partial charge in [0, 0.05) is 35.8 Å². The summed E-state index contributed by atoms with van der Waals surface area (Å²) in [7, 11) is 1.56. The number of rotatable bonds is 3. The monoisotopic (exact) mass is 230 g/mol. The number of pyridine rings is 2. The van der Waals surface area contributed by atoms with Gasteiger partial charge in [-0.15, -0.1) is 0 Å². The molecule has 0 spiro atoms. The van der Waals surface area contributed by atoms with Crippen molar-refractivity contribution in [3.05, 3.63) is 53.5 Å². The Bertz CT molecular complexity index is 497. The van der Waals surface area contributed by atoms with Gasteiger partial charge < -0.3 is 9.84 Å². The number of aliphatic hydroxyl groups excluding tert-OH is 1. The first-order valence-electron chi connectivity index (χ1n) is 5.30. The maximum atomic E-state index is 10.2. The van der Waals surface area contributed by atoms with Crippen LogP contribution in [0, 0.1) is 6.92 Å². The molecule has 0 aliphatic carbocycles. The predicted molar refractivity (Wildman–Crippen MR) is 63.8 cm³/mol. The normalized spacial score (nSPS) is 12.2. The minimum absolute atomic E-state index is 0.531. The maximum Gasteiger partial charge on any atom is 0.212 e. The minimum Gasteiger partial charge on any atom is -0.481 e. The zero-order chi connectivity index (χ0) is 12.3. The molecular formula is C13H14N2O2. The fourth-order valence-corrected chi connectivity index (χ4v) is 1.59. The lowest BCUT2D eigenvalue weighted by Gasteiger charge is -2.11. The van der Waals surface area contributed by atoms with E-state index >= 15 is 0 Å². The molecule has 17 heavy (non-hydrogen) atoms. The highest BCUT2D eigenvalue weighted by Crippen LogP contribution is 2.22. The summed E-state index contributed by atoms with van der Waals surface area (Å²) in [5, 5.41) is 10.2. The topological polar surface area (TPSA) is 55.2 Å². The third-order valence-electron chi connectivity index (χ3n) is 2.50. The van der Waals surface area contributed by atoms with Crippen molar-refractivity contribution in [2.24, 2.45) is 0 Å². The molecule has 1 N–H and O–H groups in total. The Labute approximate surface area is 99.9 Å². The zero-order valence-electron chi connectivity index (χ0n) is 9.79. The van der Waals surface area contributed by atoms with Crippen molar-refractivity contribution < 1.29 is 9.84 Å². The average molecular weight is 230 g/mol. The summed E-state index contributed by atoms with van der Waals surface area (Å²) >= 11 is 0. The van der Waals surface area contributed by atoms with Crippen LogP contribution >= 0.6 is 0 Å². The molecule has 0 bridgehead atoms. The maximum absolute atomic E-state index is 10.2. The van der Waals surface area contributed by atoms with Crippen LogP contribution in [0.15, 0.2) is 36.8 Å². The third-order valence-corrected chi connectivity index (χ3v) is 2.50. The van der Waals surface area contributed by atoms with E-state index < -0.39 is 6.10 Å². The molecule has 88 valence electrons. The molecule has 1 atom stereocenters. The molecule has 0 saturated heterocycles. The highest BCUT2D eigenvalue weighted by molar-refractivity contribution is 5.29. The number of methoxy groups -OCH3 is 1. The van der Waals surface area contributed by atoms with Gasteiger partial charge in [-0.25, -0.2) is 4.98 Å². The molecule has 2 rings (SSSR count). The summed E-state index contributed by atoms with van der Waals surface area (Å²) in [5.41, 5.74) is 2.50. The number of aryl methyl sites for hydroxylation is 1. The fraction of sp³-hybridized carbons (Fsp3) is 0.231. The van der Waals surface area contributed by atoms with Crippen molar-refractivity contribution in [3.8, 4) is 5.88 Å². The summed E-state index contributed by atoms with van der Waals surface area (Å²) in [6.07, 6.45) is 4.30. The summed E-state index contributed by atoms with van der Waals surface area (Å²) in [6.45, 7) is 1.94. The molecule has 0 saturated carbocycles. The lowest BCUT2D eigenvalue weighted by atomic mass is 10.0. The minimum atomic E-state index is -0.708. The highest BCUT2D eigenvalue weighted by Gasteiger charge is 2.11. The predicted octanol–water partition coefficient (Wildman–Crippen LogP) is 1.88. The van der Waals surface area contributed by atoms with Gasteiger partial charge in [0.1, 0.15) is 6.10 Å². The Morgan fingerprint density at radius 1 is 1.18 bits per heavy atom. The number of aromatic nitrogens is 2. The van der Waals surface area contributed by atoms with E-state index in [0.717, 1.165) is 16.7 Å². The largest absolute Gasteiger partial charge is 0.481 e. The van der Waals surface area contributed by atoms with Crippen LogP contribution in [-0.4, -0.2) is 22.2 Å². The number of ether oxygens (including phenoxy) is 1. The molecule has 0 radical (unpaired) electrons. The molecule has 1 unspecified atom stereocenters. The van der Waals surface area contributed by atoms with E-state index in [1.807, 2.05) is 13.0 Å². The molecule has 4 heteroatoms. The van der Waals surface area contributed by atoms with Crippen LogP contribution < -0.4 is 4.74 Å². The van der Waals surface area contributed by atoms with Gasteiger partial charge in [-0.2, -0.15) is 0 Å². The van der Waals surface area contributed by atoms with Gasteiger partial charge in [0.2, 0.25) is 5.88 Å². The van der Waals surface area contributed by atoms with Crippen LogP contribution in [0.25, 0.3) is 0 Å². The van der Waals surface area contributed by atoms with Crippen molar-refractivity contribution in [3.63, 3.8) is 0 Å². The summed E-state index contributed by atoms with van der Waals surface area (Å²) < 4.78 is 4.97. The second kappa shape index (κ2) is 4.93. The van der Waals surface area contributed by atoms with Crippen LogP contribution in [0.4, 0.5) is 0 Å². The van der Waals surface area contributed by atoms with Crippen LogP contribution in [0.2, 0.25) is 0 Å². The zero-order valence-corrected chi connectivity index (χ0v) is 9.79. The SMILES string of the molecule is COc1ccc(C(O)c2cncc(C)c2)cn1. The summed E-state index contributed by atoms with van der Waals surface area (Å²) in [5.74, 6) is 0.531. The third kappa shape index (κ3) is 2.60. The van der Waals surface area contributed by atoms with Gasteiger partial charge >= 0.3 is 0 Å². The highest BCUT2D eigenvalue weighted by atomic mass is 16.5. The Hall–Kier alpha value is -1.94. The Morgan fingerprint density at radius 2 is 2.00 bits per heavy atom. The van der Waals surface area contributed by atoms with Crippen molar-refractivity contribution in [1.82, 2.24) is 9.97 Å². The van der Waals surface area contributed by atoms with E-state index in [1.165, 1.54) is 0 Å². The van der Waals surface area contributed by atoms with Crippen molar-refractivity contribution in [2.75, 3.05) is 7.11 Å². The van der Waals surface area contributed by atoms with E-state index in [-0.39, 0.29) is 0 Å². The van der Waals surface area contributed by atoms with Gasteiger partial charge in [0.05, 0.1) is 7.11 Å². The van der Waals surface area contributed by atoms with E-state index in [4.69, 9.17) is 4.74 Å². The molecule has 4 nitrogen and oxygen atoms in total. The number of hydrogen-bond donors (Lipinski definition) is 1. The first-order chi connectivity index (χ1) is 8.20. The lowest BCUT2D eigenvalue weighted by molar-refractivity contribution is 0.219. The van der Waals surface area contributed by atoms with Crippen molar-refractivity contribution >= 4 is 0 Å². The molecule has 2 heterocycles. The lowest BCUT2D eigenvalue weighted by Crippen LogP contribution is -2.01. The molecule has 0 aliphatic rings. The standard InChI is InChI=1S/C13H14N2O2/c1-9-5-11(7-14-6-9)13(16)10-3-4-12(17-2)15-8-10/h3-8,13,16H,1-2H3. The molecule has 2 aromatic rings. The van der Waals surface area contributed by atoms with Crippen LogP contribution in [0.5, 0.6) is 5.88 Å². The molecule has 0 amide bonds. The van der Waals surface area contributed by atoms with Crippen LogP contribution in [0.3, 0.4) is 0 Å². The molecular weight excluding hydrogens is 216 g/mol. The van der Waals surface area contributed by atoms with Gasteiger partial charge in [-0.05, 0) is 18.6 Å². The van der Waals surface area contributed by atoms with Crippen LogP contribution in [-0.2, 0) is 0 Å². The second-order valence-corrected chi connectivity index (χ2v) is 3.83. The summed E-state index contributed by atoms with van der Waals surface area (Å²) in [6, 6.07) is 5.42. The average Bonchev–Trinajstić information content (AvgIpc) is 2.38. The van der Waals surface area contributed by atoms with Crippen LogP contribution in [0.1, 0.15) is 22.8 Å². The fourth-order valence-electron chi connectivity index (χ4n) is 1.59. The van der Waals surface area contributed by atoms with E-state index in [0.29, 0.717) is 5.88 Å². The molecule has 0 aromatic carbocycles. The number of nitrogens with zero attached hydrogens (tertiary/aromatic N) is 2. The quantitative estimate of drug-likeness (QED) is 0.874. The van der Waals surface area contributed by atoms with Gasteiger partial charge in [-0.3, -0.25) is 4.98 Å². The van der Waals surface area contributed by atoms with Gasteiger partial charge in [0.25, 0.3) is 0 Å². The Kier molecular flexibility index (Phi) is 3.35. The molecule has 0 aliphatic heterocycles. The van der Waals surface area contributed by atoms with Crippen molar-refractivity contribution in [2.45, 2.75) is 13.0 Å². The summed E-state index contributed by atoms with van der Waals surface area (Å²) in [4.78, 5) is 8.12. The van der Waals surface area contributed by atoms with Gasteiger partial charge in [0.15, 0.2) is 0 Å². The number of hydrogen-bond acceptors (Lipinski definition) is 4. The smallest absolute Gasteiger partial charge is 0.212 e.